The second kappa shape index (κ2) is 7.92. The summed E-state index contributed by atoms with van der Waals surface area (Å²) in [6.45, 7) is 5.23. The molecule has 7 nitrogen and oxygen atoms in total. The number of imidazole rings is 1. The number of hydrogen-bond donors (Lipinski definition) is 2. The summed E-state index contributed by atoms with van der Waals surface area (Å²) in [4.78, 5) is 13.0. The standard InChI is InChI=1S/C17H24N6O/c1-13-19-6-7-23(13)16-4-3-14(9-20-16)10-21-17(18-2)22-11-15-5-8-24-12-15/h3-4,6-7,9,15H,5,8,10-12H2,1-2H3,(H2,18,21,22). The van der Waals surface area contributed by atoms with Gasteiger partial charge in [0, 0.05) is 51.3 Å². The van der Waals surface area contributed by atoms with Crippen LogP contribution >= 0.6 is 0 Å². The molecule has 1 saturated heterocycles. The number of rotatable bonds is 5. The van der Waals surface area contributed by atoms with Crippen molar-refractivity contribution < 1.29 is 4.74 Å². The van der Waals surface area contributed by atoms with Crippen LogP contribution in [0.5, 0.6) is 0 Å². The molecule has 0 amide bonds. The highest BCUT2D eigenvalue weighted by Crippen LogP contribution is 2.10. The normalized spacial score (nSPS) is 17.9. The number of aryl methyl sites for hydroxylation is 1. The van der Waals surface area contributed by atoms with E-state index < -0.39 is 0 Å². The van der Waals surface area contributed by atoms with E-state index in [2.05, 4.69) is 31.7 Å². The van der Waals surface area contributed by atoms with Crippen LogP contribution in [-0.2, 0) is 11.3 Å². The Morgan fingerprint density at radius 1 is 1.38 bits per heavy atom. The fourth-order valence-electron chi connectivity index (χ4n) is 2.68. The van der Waals surface area contributed by atoms with E-state index in [9.17, 15) is 0 Å². The summed E-state index contributed by atoms with van der Waals surface area (Å²) >= 11 is 0. The third-order valence-corrected chi connectivity index (χ3v) is 4.15. The molecule has 1 aliphatic rings. The van der Waals surface area contributed by atoms with Crippen LogP contribution in [0.4, 0.5) is 0 Å². The molecule has 3 heterocycles. The maximum atomic E-state index is 5.39. The van der Waals surface area contributed by atoms with Crippen molar-refractivity contribution in [3.63, 3.8) is 0 Å². The van der Waals surface area contributed by atoms with Crippen molar-refractivity contribution in [1.29, 1.82) is 0 Å². The van der Waals surface area contributed by atoms with Crippen molar-refractivity contribution >= 4 is 5.96 Å². The summed E-state index contributed by atoms with van der Waals surface area (Å²) in [6, 6.07) is 4.06. The van der Waals surface area contributed by atoms with Crippen molar-refractivity contribution in [1.82, 2.24) is 25.2 Å². The van der Waals surface area contributed by atoms with E-state index in [4.69, 9.17) is 4.74 Å². The smallest absolute Gasteiger partial charge is 0.191 e. The second-order valence-electron chi connectivity index (χ2n) is 5.91. The molecule has 24 heavy (non-hydrogen) atoms. The lowest BCUT2D eigenvalue weighted by Crippen LogP contribution is -2.39. The number of ether oxygens (including phenoxy) is 1. The van der Waals surface area contributed by atoms with Crippen LogP contribution in [0, 0.1) is 12.8 Å². The summed E-state index contributed by atoms with van der Waals surface area (Å²) in [5.74, 6) is 3.17. The second-order valence-corrected chi connectivity index (χ2v) is 5.91. The Bertz CT molecular complexity index is 673. The first kappa shape index (κ1) is 16.4. The van der Waals surface area contributed by atoms with E-state index in [1.54, 1.807) is 13.2 Å². The van der Waals surface area contributed by atoms with Gasteiger partial charge in [0.15, 0.2) is 5.96 Å². The van der Waals surface area contributed by atoms with Crippen molar-refractivity contribution in [3.05, 3.63) is 42.1 Å². The summed E-state index contributed by atoms with van der Waals surface area (Å²) in [6.07, 6.45) is 6.68. The predicted molar refractivity (Wildman–Crippen MR) is 93.2 cm³/mol. The maximum Gasteiger partial charge on any atom is 0.191 e. The van der Waals surface area contributed by atoms with Gasteiger partial charge in [0.25, 0.3) is 0 Å². The summed E-state index contributed by atoms with van der Waals surface area (Å²) in [7, 11) is 1.78. The Labute approximate surface area is 142 Å². The van der Waals surface area contributed by atoms with Gasteiger partial charge in [0.05, 0.1) is 6.61 Å². The zero-order valence-electron chi connectivity index (χ0n) is 14.2. The number of aromatic nitrogens is 3. The van der Waals surface area contributed by atoms with Crippen molar-refractivity contribution in [2.75, 3.05) is 26.8 Å². The summed E-state index contributed by atoms with van der Waals surface area (Å²) < 4.78 is 7.35. The third-order valence-electron chi connectivity index (χ3n) is 4.15. The van der Waals surface area contributed by atoms with Gasteiger partial charge < -0.3 is 15.4 Å². The monoisotopic (exact) mass is 328 g/mol. The number of nitrogens with zero attached hydrogens (tertiary/aromatic N) is 4. The van der Waals surface area contributed by atoms with Gasteiger partial charge in [-0.05, 0) is 25.0 Å². The zero-order chi connectivity index (χ0) is 16.8. The molecule has 3 rings (SSSR count). The van der Waals surface area contributed by atoms with Crippen LogP contribution in [-0.4, -0.2) is 47.3 Å². The molecule has 1 fully saturated rings. The van der Waals surface area contributed by atoms with Crippen LogP contribution in [0.1, 0.15) is 17.8 Å². The Morgan fingerprint density at radius 3 is 2.92 bits per heavy atom. The van der Waals surface area contributed by atoms with E-state index in [-0.39, 0.29) is 0 Å². The first-order chi connectivity index (χ1) is 11.8. The fourth-order valence-corrected chi connectivity index (χ4v) is 2.68. The van der Waals surface area contributed by atoms with Crippen molar-refractivity contribution in [2.24, 2.45) is 10.9 Å². The lowest BCUT2D eigenvalue weighted by Gasteiger charge is -2.14. The van der Waals surface area contributed by atoms with Gasteiger partial charge in [-0.2, -0.15) is 0 Å². The average molecular weight is 328 g/mol. The van der Waals surface area contributed by atoms with Gasteiger partial charge >= 0.3 is 0 Å². The molecule has 0 saturated carbocycles. The van der Waals surface area contributed by atoms with Crippen molar-refractivity contribution in [3.8, 4) is 5.82 Å². The van der Waals surface area contributed by atoms with Gasteiger partial charge in [-0.3, -0.25) is 9.56 Å². The minimum Gasteiger partial charge on any atom is -0.381 e. The molecule has 2 N–H and O–H groups in total. The molecule has 2 aromatic heterocycles. The fraction of sp³-hybridized carbons (Fsp3) is 0.471. The molecule has 0 bridgehead atoms. The summed E-state index contributed by atoms with van der Waals surface area (Å²) in [5, 5.41) is 6.66. The molecular weight excluding hydrogens is 304 g/mol. The molecule has 2 aromatic rings. The van der Waals surface area contributed by atoms with Crippen LogP contribution in [0.15, 0.2) is 35.7 Å². The number of aliphatic imine (C=N–C) groups is 1. The number of hydrogen-bond acceptors (Lipinski definition) is 4. The Kier molecular flexibility index (Phi) is 5.43. The quantitative estimate of drug-likeness (QED) is 0.639. The number of guanidine groups is 1. The van der Waals surface area contributed by atoms with Gasteiger partial charge in [-0.15, -0.1) is 0 Å². The van der Waals surface area contributed by atoms with E-state index in [0.717, 1.165) is 49.3 Å². The lowest BCUT2D eigenvalue weighted by molar-refractivity contribution is 0.186. The molecule has 0 aromatic carbocycles. The van der Waals surface area contributed by atoms with E-state index >= 15 is 0 Å². The van der Waals surface area contributed by atoms with Gasteiger partial charge in [0.1, 0.15) is 11.6 Å². The predicted octanol–water partition coefficient (Wildman–Crippen LogP) is 1.28. The molecule has 0 spiro atoms. The molecule has 1 aliphatic heterocycles. The molecular formula is C17H24N6O. The number of nitrogens with one attached hydrogen (secondary N) is 2. The average Bonchev–Trinajstić information content (AvgIpc) is 3.27. The van der Waals surface area contributed by atoms with Crippen molar-refractivity contribution in [2.45, 2.75) is 19.9 Å². The van der Waals surface area contributed by atoms with E-state index in [0.29, 0.717) is 12.5 Å². The molecule has 0 aliphatic carbocycles. The molecule has 128 valence electrons. The van der Waals surface area contributed by atoms with Gasteiger partial charge in [-0.25, -0.2) is 9.97 Å². The SMILES string of the molecule is CN=C(NCc1ccc(-n2ccnc2C)nc1)NCC1CCOC1. The van der Waals surface area contributed by atoms with Gasteiger partial charge in [-0.1, -0.05) is 6.07 Å². The highest BCUT2D eigenvalue weighted by molar-refractivity contribution is 5.79. The topological polar surface area (TPSA) is 76.4 Å². The van der Waals surface area contributed by atoms with E-state index in [1.807, 2.05) is 30.0 Å². The third kappa shape index (κ3) is 4.11. The van der Waals surface area contributed by atoms with E-state index in [1.165, 1.54) is 0 Å². The maximum absolute atomic E-state index is 5.39. The Hall–Kier alpha value is -2.41. The molecule has 7 heteroatoms. The minimum atomic E-state index is 0.572. The Balaban J connectivity index is 1.51. The van der Waals surface area contributed by atoms with Gasteiger partial charge in [0.2, 0.25) is 0 Å². The first-order valence-electron chi connectivity index (χ1n) is 8.24. The largest absolute Gasteiger partial charge is 0.381 e. The molecule has 1 unspecified atom stereocenters. The highest BCUT2D eigenvalue weighted by atomic mass is 16.5. The highest BCUT2D eigenvalue weighted by Gasteiger charge is 2.15. The van der Waals surface area contributed by atoms with Crippen LogP contribution in [0.2, 0.25) is 0 Å². The lowest BCUT2D eigenvalue weighted by atomic mass is 10.1. The summed E-state index contributed by atoms with van der Waals surface area (Å²) in [5.41, 5.74) is 1.10. The van der Waals surface area contributed by atoms with Crippen LogP contribution in [0.25, 0.3) is 5.82 Å². The van der Waals surface area contributed by atoms with Crippen LogP contribution in [0.3, 0.4) is 0 Å². The minimum absolute atomic E-state index is 0.572. The first-order valence-corrected chi connectivity index (χ1v) is 8.24. The Morgan fingerprint density at radius 2 is 2.29 bits per heavy atom. The molecule has 0 radical (unpaired) electrons. The molecule has 1 atom stereocenters. The van der Waals surface area contributed by atoms with Crippen LogP contribution < -0.4 is 10.6 Å². The zero-order valence-corrected chi connectivity index (χ0v) is 14.2. The number of pyridine rings is 1.